The van der Waals surface area contributed by atoms with E-state index in [4.69, 9.17) is 27.9 Å². The van der Waals surface area contributed by atoms with E-state index >= 15 is 0 Å². The minimum atomic E-state index is -0.512. The number of hydrogen-bond donors (Lipinski definition) is 0. The summed E-state index contributed by atoms with van der Waals surface area (Å²) in [5.74, 6) is 0. The van der Waals surface area contributed by atoms with Gasteiger partial charge in [0.05, 0.1) is 33.8 Å². The molecule has 1 saturated heterocycles. The molecule has 1 aromatic heterocycles. The Balaban J connectivity index is 1.88. The second-order valence-corrected chi connectivity index (χ2v) is 6.85. The lowest BCUT2D eigenvalue weighted by Gasteiger charge is -2.34. The number of aromatic nitrogens is 1. The summed E-state index contributed by atoms with van der Waals surface area (Å²) in [4.78, 5) is 16.8. The number of aryl methyl sites for hydroxylation is 1. The molecule has 0 saturated carbocycles. The van der Waals surface area contributed by atoms with Gasteiger partial charge in [-0.05, 0) is 6.92 Å². The summed E-state index contributed by atoms with van der Waals surface area (Å²) in [5, 5.41) is 14.3. The molecule has 0 bridgehead atoms. The summed E-state index contributed by atoms with van der Waals surface area (Å²) in [7, 11) is 0. The van der Waals surface area contributed by atoms with Gasteiger partial charge in [0.1, 0.15) is 11.1 Å². The first-order chi connectivity index (χ1) is 11.0. The fraction of sp³-hybridized carbons (Fsp3) is 0.357. The highest BCUT2D eigenvalue weighted by Gasteiger charge is 2.28. The minimum absolute atomic E-state index is 0.121. The van der Waals surface area contributed by atoms with Gasteiger partial charge in [0.15, 0.2) is 0 Å². The molecule has 0 radical (unpaired) electrons. The first-order valence-corrected chi connectivity index (χ1v) is 8.51. The highest BCUT2D eigenvalue weighted by Crippen LogP contribution is 2.39. The van der Waals surface area contributed by atoms with Crippen molar-refractivity contribution in [3.8, 4) is 0 Å². The van der Waals surface area contributed by atoms with E-state index in [1.807, 2.05) is 17.2 Å². The van der Waals surface area contributed by atoms with E-state index in [1.54, 1.807) is 11.3 Å². The normalized spacial score (nSPS) is 18.2. The van der Waals surface area contributed by atoms with E-state index < -0.39 is 4.92 Å². The lowest BCUT2D eigenvalue weighted by Crippen LogP contribution is -2.38. The molecule has 0 spiro atoms. The second-order valence-electron chi connectivity index (χ2n) is 5.15. The monoisotopic (exact) mass is 373 g/mol. The lowest BCUT2D eigenvalue weighted by molar-refractivity contribution is -0.384. The zero-order chi connectivity index (χ0) is 16.6. The maximum absolute atomic E-state index is 10.9. The third-order valence-electron chi connectivity index (χ3n) is 3.51. The predicted octanol–water partition coefficient (Wildman–Crippen LogP) is 4.24. The van der Waals surface area contributed by atoms with Crippen molar-refractivity contribution in [1.82, 2.24) is 4.98 Å². The summed E-state index contributed by atoms with van der Waals surface area (Å²) < 4.78 is 5.78. The maximum atomic E-state index is 10.9. The van der Waals surface area contributed by atoms with Crippen molar-refractivity contribution in [3.63, 3.8) is 0 Å². The van der Waals surface area contributed by atoms with Gasteiger partial charge >= 0.3 is 0 Å². The zero-order valence-corrected chi connectivity index (χ0v) is 14.5. The van der Waals surface area contributed by atoms with Gasteiger partial charge in [0.25, 0.3) is 5.69 Å². The average molecular weight is 374 g/mol. The predicted molar refractivity (Wildman–Crippen MR) is 90.9 cm³/mol. The number of nitrogens with zero attached hydrogens (tertiary/aromatic N) is 3. The van der Waals surface area contributed by atoms with Gasteiger partial charge in [-0.3, -0.25) is 10.1 Å². The summed E-state index contributed by atoms with van der Waals surface area (Å²) >= 11 is 14.0. The Morgan fingerprint density at radius 3 is 2.70 bits per heavy atom. The van der Waals surface area contributed by atoms with Crippen LogP contribution in [0.3, 0.4) is 0 Å². The first-order valence-electron chi connectivity index (χ1n) is 6.87. The van der Waals surface area contributed by atoms with E-state index in [1.165, 1.54) is 12.1 Å². The quantitative estimate of drug-likeness (QED) is 0.594. The Labute approximate surface area is 146 Å². The molecular weight excluding hydrogens is 361 g/mol. The SMILES string of the molecule is Cc1csc(C2CN(c3c(Cl)cc([N+](=O)[O-])cc3Cl)CCO2)n1. The zero-order valence-electron chi connectivity index (χ0n) is 12.2. The number of benzene rings is 1. The van der Waals surface area contributed by atoms with Crippen LogP contribution in [0.2, 0.25) is 10.0 Å². The number of anilines is 1. The molecule has 9 heteroatoms. The van der Waals surface area contributed by atoms with Crippen molar-refractivity contribution >= 4 is 45.9 Å². The van der Waals surface area contributed by atoms with Crippen LogP contribution in [0.25, 0.3) is 0 Å². The highest BCUT2D eigenvalue weighted by molar-refractivity contribution is 7.09. The Bertz CT molecular complexity index is 730. The van der Waals surface area contributed by atoms with Crippen molar-refractivity contribution in [1.29, 1.82) is 0 Å². The molecule has 1 fully saturated rings. The van der Waals surface area contributed by atoms with Crippen LogP contribution in [-0.2, 0) is 4.74 Å². The molecule has 1 aliphatic rings. The smallest absolute Gasteiger partial charge is 0.272 e. The Morgan fingerprint density at radius 1 is 1.43 bits per heavy atom. The topological polar surface area (TPSA) is 68.5 Å². The van der Waals surface area contributed by atoms with Crippen LogP contribution < -0.4 is 4.90 Å². The number of hydrogen-bond acceptors (Lipinski definition) is 6. The maximum Gasteiger partial charge on any atom is 0.272 e. The van der Waals surface area contributed by atoms with Crippen molar-refractivity contribution in [2.24, 2.45) is 0 Å². The molecule has 1 atom stereocenters. The lowest BCUT2D eigenvalue weighted by atomic mass is 10.2. The number of rotatable bonds is 3. The summed E-state index contributed by atoms with van der Waals surface area (Å²) in [6.45, 7) is 3.60. The third-order valence-corrected chi connectivity index (χ3v) is 5.14. The fourth-order valence-corrected chi connectivity index (χ4v) is 4.03. The van der Waals surface area contributed by atoms with E-state index in [-0.39, 0.29) is 21.8 Å². The molecule has 2 heterocycles. The number of nitro benzene ring substituents is 1. The van der Waals surface area contributed by atoms with E-state index in [9.17, 15) is 10.1 Å². The molecule has 1 unspecified atom stereocenters. The molecule has 1 aromatic carbocycles. The highest BCUT2D eigenvalue weighted by atomic mass is 35.5. The third kappa shape index (κ3) is 3.42. The Hall–Kier alpha value is -1.41. The molecule has 23 heavy (non-hydrogen) atoms. The van der Waals surface area contributed by atoms with Crippen LogP contribution in [0.1, 0.15) is 16.8 Å². The molecule has 6 nitrogen and oxygen atoms in total. The number of ether oxygens (including phenoxy) is 1. The van der Waals surface area contributed by atoms with Crippen LogP contribution in [0.5, 0.6) is 0 Å². The van der Waals surface area contributed by atoms with E-state index in [2.05, 4.69) is 4.98 Å². The van der Waals surface area contributed by atoms with Crippen LogP contribution in [0, 0.1) is 17.0 Å². The van der Waals surface area contributed by atoms with Gasteiger partial charge < -0.3 is 9.64 Å². The fourth-order valence-electron chi connectivity index (χ4n) is 2.48. The number of thiazole rings is 1. The van der Waals surface area contributed by atoms with Crippen molar-refractivity contribution in [2.75, 3.05) is 24.6 Å². The standard InChI is InChI=1S/C14H13Cl2N3O3S/c1-8-7-23-14(17-8)12-6-18(2-3-22-12)13-10(15)4-9(19(20)21)5-11(13)16/h4-5,7,12H,2-3,6H2,1H3. The molecule has 2 aromatic rings. The van der Waals surface area contributed by atoms with Gasteiger partial charge in [-0.2, -0.15) is 0 Å². The van der Waals surface area contributed by atoms with E-state index in [0.717, 1.165) is 10.7 Å². The number of halogens is 2. The molecule has 0 N–H and O–H groups in total. The van der Waals surface area contributed by atoms with Crippen LogP contribution in [0.4, 0.5) is 11.4 Å². The van der Waals surface area contributed by atoms with E-state index in [0.29, 0.717) is 25.4 Å². The molecule has 3 rings (SSSR count). The number of non-ortho nitro benzene ring substituents is 1. The second kappa shape index (κ2) is 6.60. The summed E-state index contributed by atoms with van der Waals surface area (Å²) in [5.41, 5.74) is 1.43. The van der Waals surface area contributed by atoms with Gasteiger partial charge in [-0.15, -0.1) is 11.3 Å². The van der Waals surface area contributed by atoms with Gasteiger partial charge in [-0.1, -0.05) is 23.2 Å². The molecule has 122 valence electrons. The first kappa shape index (κ1) is 16.4. The molecule has 1 aliphatic heterocycles. The molecule has 0 aliphatic carbocycles. The average Bonchev–Trinajstić information content (AvgIpc) is 2.93. The summed E-state index contributed by atoms with van der Waals surface area (Å²) in [6.07, 6.45) is -0.162. The summed E-state index contributed by atoms with van der Waals surface area (Å²) in [6, 6.07) is 2.64. The van der Waals surface area contributed by atoms with Crippen molar-refractivity contribution in [3.05, 3.63) is 48.4 Å². The van der Waals surface area contributed by atoms with Gasteiger partial charge in [0, 0.05) is 29.8 Å². The van der Waals surface area contributed by atoms with Gasteiger partial charge in [-0.25, -0.2) is 4.98 Å². The van der Waals surface area contributed by atoms with Crippen LogP contribution >= 0.6 is 34.5 Å². The Kier molecular flexibility index (Phi) is 4.72. The van der Waals surface area contributed by atoms with Crippen molar-refractivity contribution < 1.29 is 9.66 Å². The number of morpholine rings is 1. The number of nitro groups is 1. The molecular formula is C14H13Cl2N3O3S. The van der Waals surface area contributed by atoms with Crippen molar-refractivity contribution in [2.45, 2.75) is 13.0 Å². The Morgan fingerprint density at radius 2 is 2.13 bits per heavy atom. The van der Waals surface area contributed by atoms with Crippen LogP contribution in [-0.4, -0.2) is 29.6 Å². The minimum Gasteiger partial charge on any atom is -0.367 e. The van der Waals surface area contributed by atoms with Crippen LogP contribution in [0.15, 0.2) is 17.5 Å². The van der Waals surface area contributed by atoms with Gasteiger partial charge in [0.2, 0.25) is 0 Å². The largest absolute Gasteiger partial charge is 0.367 e. The molecule has 0 amide bonds.